The highest BCUT2D eigenvalue weighted by atomic mass is 19.3. The summed E-state index contributed by atoms with van der Waals surface area (Å²) in [5.41, 5.74) is 5.41. The standard InChI is InChI=1S/C7H6F2N2O2/c8-7(9)13-6(12)5-2-1-4(10)3-11-5/h1-3,7H,10H2. The van der Waals surface area contributed by atoms with E-state index in [1.165, 1.54) is 18.3 Å². The lowest BCUT2D eigenvalue weighted by Gasteiger charge is -2.01. The molecular weight excluding hydrogens is 182 g/mol. The van der Waals surface area contributed by atoms with Gasteiger partial charge in [-0.05, 0) is 12.1 Å². The van der Waals surface area contributed by atoms with Gasteiger partial charge in [0.2, 0.25) is 0 Å². The molecule has 0 aliphatic heterocycles. The molecule has 2 N–H and O–H groups in total. The maximum Gasteiger partial charge on any atom is 0.389 e. The lowest BCUT2D eigenvalue weighted by Crippen LogP contribution is -2.11. The molecule has 0 radical (unpaired) electrons. The summed E-state index contributed by atoms with van der Waals surface area (Å²) in [7, 11) is 0. The van der Waals surface area contributed by atoms with Crippen molar-refractivity contribution in [3.8, 4) is 0 Å². The average molecular weight is 188 g/mol. The van der Waals surface area contributed by atoms with E-state index in [0.717, 1.165) is 0 Å². The van der Waals surface area contributed by atoms with Crippen LogP contribution < -0.4 is 5.73 Å². The van der Waals surface area contributed by atoms with E-state index in [1.807, 2.05) is 0 Å². The summed E-state index contributed by atoms with van der Waals surface area (Å²) in [6.07, 6.45) is 1.18. The molecule has 0 aromatic carbocycles. The van der Waals surface area contributed by atoms with Crippen LogP contribution in [0.1, 0.15) is 10.5 Å². The molecule has 6 heteroatoms. The van der Waals surface area contributed by atoms with Crippen molar-refractivity contribution in [3.63, 3.8) is 0 Å². The van der Waals surface area contributed by atoms with E-state index in [-0.39, 0.29) is 5.69 Å². The summed E-state index contributed by atoms with van der Waals surface area (Å²) < 4.78 is 26.7. The second kappa shape index (κ2) is 3.79. The second-order valence-corrected chi connectivity index (χ2v) is 2.14. The molecule has 4 nitrogen and oxygen atoms in total. The van der Waals surface area contributed by atoms with Crippen LogP contribution in [0.3, 0.4) is 0 Å². The normalized spacial score (nSPS) is 10.1. The van der Waals surface area contributed by atoms with Crippen LogP contribution >= 0.6 is 0 Å². The van der Waals surface area contributed by atoms with Crippen LogP contribution in [0.5, 0.6) is 0 Å². The van der Waals surface area contributed by atoms with Gasteiger partial charge in [0.25, 0.3) is 0 Å². The fourth-order valence-electron chi connectivity index (χ4n) is 0.667. The number of anilines is 1. The van der Waals surface area contributed by atoms with Crippen LogP contribution in [-0.4, -0.2) is 17.6 Å². The fraction of sp³-hybridized carbons (Fsp3) is 0.143. The van der Waals surface area contributed by atoms with E-state index in [0.29, 0.717) is 5.69 Å². The first-order valence-electron chi connectivity index (χ1n) is 3.30. The molecule has 70 valence electrons. The quantitative estimate of drug-likeness (QED) is 0.704. The molecular formula is C7H6F2N2O2. The number of aromatic nitrogens is 1. The van der Waals surface area contributed by atoms with Gasteiger partial charge in [0.05, 0.1) is 11.9 Å². The number of nitrogen functional groups attached to an aromatic ring is 1. The summed E-state index contributed by atoms with van der Waals surface area (Å²) in [6.45, 7) is -3.13. The predicted octanol–water partition coefficient (Wildman–Crippen LogP) is 1.04. The van der Waals surface area contributed by atoms with Crippen molar-refractivity contribution < 1.29 is 18.3 Å². The van der Waals surface area contributed by atoms with E-state index in [1.54, 1.807) is 0 Å². The van der Waals surface area contributed by atoms with Crippen LogP contribution in [-0.2, 0) is 4.74 Å². The van der Waals surface area contributed by atoms with Crippen LogP contribution in [0.2, 0.25) is 0 Å². The van der Waals surface area contributed by atoms with Gasteiger partial charge in [0.1, 0.15) is 5.69 Å². The Morgan fingerprint density at radius 3 is 2.69 bits per heavy atom. The Hall–Kier alpha value is -1.72. The molecule has 0 amide bonds. The molecule has 0 unspecified atom stereocenters. The lowest BCUT2D eigenvalue weighted by atomic mass is 10.3. The van der Waals surface area contributed by atoms with Gasteiger partial charge in [-0.3, -0.25) is 0 Å². The Labute approximate surface area is 72.3 Å². The summed E-state index contributed by atoms with van der Waals surface area (Å²) in [6, 6.07) is 2.58. The number of nitrogens with two attached hydrogens (primary N) is 1. The van der Waals surface area contributed by atoms with Gasteiger partial charge in [-0.25, -0.2) is 9.78 Å². The average Bonchev–Trinajstić information content (AvgIpc) is 2.04. The number of nitrogens with zero attached hydrogens (tertiary/aromatic N) is 1. The van der Waals surface area contributed by atoms with Gasteiger partial charge in [-0.1, -0.05) is 0 Å². The third-order valence-electron chi connectivity index (χ3n) is 1.19. The van der Waals surface area contributed by atoms with Gasteiger partial charge in [-0.15, -0.1) is 0 Å². The molecule has 1 heterocycles. The first-order valence-corrected chi connectivity index (χ1v) is 3.30. The SMILES string of the molecule is Nc1ccc(C(=O)OC(F)F)nc1. The Morgan fingerprint density at radius 1 is 1.54 bits per heavy atom. The highest BCUT2D eigenvalue weighted by Gasteiger charge is 2.13. The van der Waals surface area contributed by atoms with Crippen LogP contribution in [0.4, 0.5) is 14.5 Å². The zero-order chi connectivity index (χ0) is 9.84. The largest absolute Gasteiger partial charge is 0.398 e. The van der Waals surface area contributed by atoms with Crippen molar-refractivity contribution >= 4 is 11.7 Å². The summed E-state index contributed by atoms with van der Waals surface area (Å²) >= 11 is 0. The Balaban J connectivity index is 2.72. The topological polar surface area (TPSA) is 65.2 Å². The summed E-state index contributed by atoms with van der Waals surface area (Å²) in [4.78, 5) is 14.3. The number of hydrogen-bond donors (Lipinski definition) is 1. The van der Waals surface area contributed by atoms with Gasteiger partial charge in [0.15, 0.2) is 0 Å². The number of rotatable bonds is 2. The third-order valence-corrected chi connectivity index (χ3v) is 1.19. The Kier molecular flexibility index (Phi) is 2.73. The molecule has 0 saturated heterocycles. The third kappa shape index (κ3) is 2.66. The Morgan fingerprint density at radius 2 is 2.23 bits per heavy atom. The van der Waals surface area contributed by atoms with Crippen molar-refractivity contribution in [3.05, 3.63) is 24.0 Å². The van der Waals surface area contributed by atoms with Crippen LogP contribution in [0, 0.1) is 0 Å². The number of ether oxygens (including phenoxy) is 1. The minimum atomic E-state index is -3.13. The number of halogens is 2. The van der Waals surface area contributed by atoms with Crippen molar-refractivity contribution in [1.82, 2.24) is 4.98 Å². The summed E-state index contributed by atoms with van der Waals surface area (Å²) in [5.74, 6) is -1.17. The first-order chi connectivity index (χ1) is 6.09. The number of hydrogen-bond acceptors (Lipinski definition) is 4. The molecule has 0 aliphatic rings. The van der Waals surface area contributed by atoms with Gasteiger partial charge in [-0.2, -0.15) is 8.78 Å². The van der Waals surface area contributed by atoms with Crippen molar-refractivity contribution in [2.24, 2.45) is 0 Å². The number of esters is 1. The van der Waals surface area contributed by atoms with Gasteiger partial charge in [0, 0.05) is 0 Å². The molecule has 0 spiro atoms. The molecule has 1 aromatic rings. The van der Waals surface area contributed by atoms with E-state index in [4.69, 9.17) is 5.73 Å². The maximum absolute atomic E-state index is 11.6. The highest BCUT2D eigenvalue weighted by molar-refractivity contribution is 5.87. The maximum atomic E-state index is 11.6. The lowest BCUT2D eigenvalue weighted by molar-refractivity contribution is -0.0909. The first kappa shape index (κ1) is 9.37. The minimum absolute atomic E-state index is 0.200. The molecule has 0 bridgehead atoms. The van der Waals surface area contributed by atoms with Crippen molar-refractivity contribution in [2.45, 2.75) is 6.61 Å². The smallest absolute Gasteiger partial charge is 0.389 e. The van der Waals surface area contributed by atoms with Crippen LogP contribution in [0.15, 0.2) is 18.3 Å². The molecule has 13 heavy (non-hydrogen) atoms. The predicted molar refractivity (Wildman–Crippen MR) is 40.1 cm³/mol. The van der Waals surface area contributed by atoms with Gasteiger partial charge >= 0.3 is 12.6 Å². The van der Waals surface area contributed by atoms with E-state index in [2.05, 4.69) is 9.72 Å². The number of carbonyl (C=O) groups is 1. The van der Waals surface area contributed by atoms with Gasteiger partial charge < -0.3 is 10.5 Å². The molecule has 0 atom stereocenters. The second-order valence-electron chi connectivity index (χ2n) is 2.14. The fourth-order valence-corrected chi connectivity index (χ4v) is 0.667. The molecule has 0 aliphatic carbocycles. The number of carbonyl (C=O) groups excluding carboxylic acids is 1. The highest BCUT2D eigenvalue weighted by Crippen LogP contribution is 2.05. The number of pyridine rings is 1. The summed E-state index contributed by atoms with van der Waals surface area (Å²) in [5, 5.41) is 0. The van der Waals surface area contributed by atoms with Crippen molar-refractivity contribution in [2.75, 3.05) is 5.73 Å². The van der Waals surface area contributed by atoms with Crippen LogP contribution in [0.25, 0.3) is 0 Å². The molecule has 1 rings (SSSR count). The molecule has 0 saturated carbocycles. The molecule has 1 aromatic heterocycles. The van der Waals surface area contributed by atoms with E-state index in [9.17, 15) is 13.6 Å². The van der Waals surface area contributed by atoms with E-state index >= 15 is 0 Å². The van der Waals surface area contributed by atoms with Crippen molar-refractivity contribution in [1.29, 1.82) is 0 Å². The zero-order valence-corrected chi connectivity index (χ0v) is 6.41. The van der Waals surface area contributed by atoms with E-state index < -0.39 is 12.6 Å². The Bertz CT molecular complexity index is 300. The minimum Gasteiger partial charge on any atom is -0.398 e. The number of alkyl halides is 2. The zero-order valence-electron chi connectivity index (χ0n) is 6.41. The molecule has 0 fully saturated rings. The monoisotopic (exact) mass is 188 g/mol.